The van der Waals surface area contributed by atoms with Crippen LogP contribution in [0.1, 0.15) is 57.9 Å². The molecule has 0 aromatic heterocycles. The Balaban J connectivity index is 2.13. The lowest BCUT2D eigenvalue weighted by Crippen LogP contribution is -2.55. The molecule has 100 valence electrons. The fraction of sp³-hybridized carbons (Fsp3) is 0.625. The normalized spacial score (nSPS) is 20.4. The summed E-state index contributed by atoms with van der Waals surface area (Å²) in [6.45, 7) is 4.54. The van der Waals surface area contributed by atoms with Crippen molar-refractivity contribution in [3.8, 4) is 0 Å². The minimum atomic E-state index is -0.144. The fourth-order valence-corrected chi connectivity index (χ4v) is 4.02. The van der Waals surface area contributed by atoms with E-state index in [0.717, 1.165) is 17.9 Å². The monoisotopic (exact) mass is 265 g/mol. The van der Waals surface area contributed by atoms with Crippen molar-refractivity contribution in [2.45, 2.75) is 57.9 Å². The summed E-state index contributed by atoms with van der Waals surface area (Å²) in [7, 11) is 0. The van der Waals surface area contributed by atoms with Gasteiger partial charge < -0.3 is 5.73 Å². The van der Waals surface area contributed by atoms with E-state index < -0.39 is 0 Å². The van der Waals surface area contributed by atoms with Gasteiger partial charge in [-0.15, -0.1) is 0 Å². The van der Waals surface area contributed by atoms with Crippen LogP contribution in [0.5, 0.6) is 0 Å². The van der Waals surface area contributed by atoms with Gasteiger partial charge in [-0.2, -0.15) is 0 Å². The Morgan fingerprint density at radius 2 is 1.78 bits per heavy atom. The minimum absolute atomic E-state index is 0.144. The second-order valence-corrected chi connectivity index (χ2v) is 6.46. The van der Waals surface area contributed by atoms with Crippen LogP contribution >= 0.6 is 11.6 Å². The summed E-state index contributed by atoms with van der Waals surface area (Å²) < 4.78 is 0. The molecule has 1 aromatic carbocycles. The molecule has 1 nitrogen and oxygen atoms in total. The topological polar surface area (TPSA) is 26.0 Å². The Hall–Kier alpha value is -0.530. The number of benzene rings is 1. The van der Waals surface area contributed by atoms with E-state index in [0.29, 0.717) is 5.41 Å². The summed E-state index contributed by atoms with van der Waals surface area (Å²) in [5, 5.41) is 0.792. The predicted octanol–water partition coefficient (Wildman–Crippen LogP) is 4.87. The number of halogens is 1. The van der Waals surface area contributed by atoms with Gasteiger partial charge >= 0.3 is 0 Å². The maximum atomic E-state index is 6.57. The summed E-state index contributed by atoms with van der Waals surface area (Å²) in [5.41, 5.74) is 8.12. The summed E-state index contributed by atoms with van der Waals surface area (Å²) >= 11 is 6.07. The molecular formula is C16H24ClN. The van der Waals surface area contributed by atoms with Crippen molar-refractivity contribution in [1.82, 2.24) is 0 Å². The first-order chi connectivity index (χ1) is 8.53. The number of hydrogen-bond acceptors (Lipinski definition) is 1. The highest BCUT2D eigenvalue weighted by molar-refractivity contribution is 6.30. The van der Waals surface area contributed by atoms with Crippen molar-refractivity contribution >= 4 is 11.6 Å². The molecule has 1 saturated carbocycles. The maximum absolute atomic E-state index is 6.57. The molecule has 0 heterocycles. The van der Waals surface area contributed by atoms with E-state index >= 15 is 0 Å². The van der Waals surface area contributed by atoms with Crippen LogP contribution < -0.4 is 5.73 Å². The molecule has 18 heavy (non-hydrogen) atoms. The molecule has 0 spiro atoms. The predicted molar refractivity (Wildman–Crippen MR) is 78.8 cm³/mol. The van der Waals surface area contributed by atoms with Gasteiger partial charge in [0.15, 0.2) is 0 Å². The maximum Gasteiger partial charge on any atom is 0.0420 e. The first-order valence-corrected chi connectivity index (χ1v) is 7.46. The van der Waals surface area contributed by atoms with Crippen LogP contribution in [-0.4, -0.2) is 0 Å². The Morgan fingerprint density at radius 1 is 1.17 bits per heavy atom. The van der Waals surface area contributed by atoms with Crippen LogP contribution in [0.3, 0.4) is 0 Å². The highest BCUT2D eigenvalue weighted by atomic mass is 35.5. The van der Waals surface area contributed by atoms with Crippen molar-refractivity contribution in [1.29, 1.82) is 0 Å². The van der Waals surface area contributed by atoms with E-state index in [2.05, 4.69) is 19.9 Å². The largest absolute Gasteiger partial charge is 0.321 e. The zero-order valence-electron chi connectivity index (χ0n) is 11.5. The lowest BCUT2D eigenvalue weighted by Gasteiger charge is -2.55. The molecule has 0 amide bonds. The van der Waals surface area contributed by atoms with Gasteiger partial charge in [0.2, 0.25) is 0 Å². The van der Waals surface area contributed by atoms with Gasteiger partial charge in [-0.1, -0.05) is 50.4 Å². The average Bonchev–Trinajstić information content (AvgIpc) is 2.27. The third-order valence-electron chi connectivity index (χ3n) is 4.34. The molecule has 2 N–H and O–H groups in total. The van der Waals surface area contributed by atoms with Crippen LogP contribution in [0.4, 0.5) is 0 Å². The fourth-order valence-electron chi connectivity index (χ4n) is 3.83. The minimum Gasteiger partial charge on any atom is -0.321 e. The summed E-state index contributed by atoms with van der Waals surface area (Å²) in [4.78, 5) is 0. The van der Waals surface area contributed by atoms with E-state index in [4.69, 9.17) is 17.3 Å². The zero-order valence-corrected chi connectivity index (χ0v) is 12.3. The van der Waals surface area contributed by atoms with Crippen LogP contribution in [0, 0.1) is 5.41 Å². The average molecular weight is 266 g/mol. The van der Waals surface area contributed by atoms with Gasteiger partial charge in [0.1, 0.15) is 0 Å². The van der Waals surface area contributed by atoms with E-state index in [-0.39, 0.29) is 5.54 Å². The van der Waals surface area contributed by atoms with Crippen molar-refractivity contribution in [2.75, 3.05) is 0 Å². The van der Waals surface area contributed by atoms with Crippen LogP contribution in [0.15, 0.2) is 24.3 Å². The Morgan fingerprint density at radius 3 is 2.28 bits per heavy atom. The first-order valence-electron chi connectivity index (χ1n) is 7.08. The van der Waals surface area contributed by atoms with Gasteiger partial charge in [-0.3, -0.25) is 0 Å². The van der Waals surface area contributed by atoms with Gasteiger partial charge in [-0.05, 0) is 48.8 Å². The molecule has 1 aliphatic carbocycles. The van der Waals surface area contributed by atoms with Crippen molar-refractivity contribution in [3.05, 3.63) is 34.9 Å². The lowest BCUT2D eigenvalue weighted by molar-refractivity contribution is 0.00623. The van der Waals surface area contributed by atoms with Gasteiger partial charge in [-0.25, -0.2) is 0 Å². The third kappa shape index (κ3) is 2.57. The molecule has 2 rings (SSSR count). The van der Waals surface area contributed by atoms with Crippen molar-refractivity contribution in [3.63, 3.8) is 0 Å². The Labute approximate surface area is 116 Å². The zero-order chi connectivity index (χ0) is 13.2. The molecule has 0 saturated heterocycles. The van der Waals surface area contributed by atoms with E-state index in [1.807, 2.05) is 18.2 Å². The molecule has 0 unspecified atom stereocenters. The van der Waals surface area contributed by atoms with Gasteiger partial charge in [0.25, 0.3) is 0 Å². The number of hydrogen-bond donors (Lipinski definition) is 1. The van der Waals surface area contributed by atoms with Crippen LogP contribution in [0.2, 0.25) is 5.02 Å². The summed E-state index contributed by atoms with van der Waals surface area (Å²) in [6.07, 6.45) is 7.35. The van der Waals surface area contributed by atoms with Crippen LogP contribution in [0.25, 0.3) is 0 Å². The highest BCUT2D eigenvalue weighted by Gasteiger charge is 2.51. The molecular weight excluding hydrogens is 242 g/mol. The van der Waals surface area contributed by atoms with E-state index in [1.165, 1.54) is 31.2 Å². The second kappa shape index (κ2) is 5.22. The van der Waals surface area contributed by atoms with E-state index in [9.17, 15) is 0 Å². The van der Waals surface area contributed by atoms with Crippen LogP contribution in [-0.2, 0) is 5.54 Å². The highest BCUT2D eigenvalue weighted by Crippen LogP contribution is 2.57. The number of nitrogens with two attached hydrogens (primary N) is 1. The molecule has 0 radical (unpaired) electrons. The SMILES string of the molecule is CCCC1(CCC)CC(N)(c2cccc(Cl)c2)C1. The molecule has 1 aliphatic rings. The Bertz CT molecular complexity index is 399. The Kier molecular flexibility index (Phi) is 4.03. The van der Waals surface area contributed by atoms with Gasteiger partial charge in [0.05, 0.1) is 0 Å². The second-order valence-electron chi connectivity index (χ2n) is 6.02. The standard InChI is InChI=1S/C16H24ClN/c1-3-8-15(9-4-2)11-16(18,12-15)13-6-5-7-14(17)10-13/h5-7,10H,3-4,8-9,11-12,18H2,1-2H3. The lowest BCUT2D eigenvalue weighted by atomic mass is 9.52. The molecule has 0 aliphatic heterocycles. The smallest absolute Gasteiger partial charge is 0.0420 e. The summed E-state index contributed by atoms with van der Waals surface area (Å²) in [5.74, 6) is 0. The molecule has 0 bridgehead atoms. The van der Waals surface area contributed by atoms with Crippen molar-refractivity contribution in [2.24, 2.45) is 11.1 Å². The van der Waals surface area contributed by atoms with E-state index in [1.54, 1.807) is 0 Å². The molecule has 1 aromatic rings. The molecule has 1 fully saturated rings. The quantitative estimate of drug-likeness (QED) is 0.807. The molecule has 0 atom stereocenters. The number of rotatable bonds is 5. The molecule has 2 heteroatoms. The third-order valence-corrected chi connectivity index (χ3v) is 4.58. The van der Waals surface area contributed by atoms with Gasteiger partial charge in [0, 0.05) is 10.6 Å². The summed E-state index contributed by atoms with van der Waals surface area (Å²) in [6, 6.07) is 8.07. The van der Waals surface area contributed by atoms with Crippen molar-refractivity contribution < 1.29 is 0 Å². The first kappa shape index (κ1) is 13.9.